The van der Waals surface area contributed by atoms with E-state index in [0.717, 1.165) is 43.1 Å². The lowest BCUT2D eigenvalue weighted by Gasteiger charge is -2.14. The van der Waals surface area contributed by atoms with Crippen LogP contribution < -0.4 is 0 Å². The first-order valence-corrected chi connectivity index (χ1v) is 8.71. The average molecular weight is 306 g/mol. The van der Waals surface area contributed by atoms with Gasteiger partial charge in [-0.3, -0.25) is 4.79 Å². The highest BCUT2D eigenvalue weighted by molar-refractivity contribution is 7.15. The Labute approximate surface area is 127 Å². The first-order valence-electron chi connectivity index (χ1n) is 7.02. The number of likely N-dealkylation sites (tertiary alicyclic amines) is 1. The first-order chi connectivity index (χ1) is 9.74. The molecule has 3 heterocycles. The quantitative estimate of drug-likeness (QED) is 0.862. The lowest BCUT2D eigenvalue weighted by molar-refractivity contribution is -0.130. The Bertz CT molecular complexity index is 583. The number of aromatic nitrogens is 1. The number of aryl methyl sites for hydroxylation is 2. The van der Waals surface area contributed by atoms with E-state index in [9.17, 15) is 4.79 Å². The zero-order chi connectivity index (χ0) is 13.9. The van der Waals surface area contributed by atoms with Gasteiger partial charge in [-0.05, 0) is 37.6 Å². The molecule has 0 unspecified atom stereocenters. The molecule has 0 atom stereocenters. The summed E-state index contributed by atoms with van der Waals surface area (Å²) >= 11 is 3.43. The van der Waals surface area contributed by atoms with Crippen LogP contribution in [-0.4, -0.2) is 28.9 Å². The van der Waals surface area contributed by atoms with Crippen LogP contribution in [0.1, 0.15) is 29.1 Å². The van der Waals surface area contributed by atoms with Gasteiger partial charge in [-0.15, -0.1) is 22.7 Å². The average Bonchev–Trinajstić information content (AvgIpc) is 3.17. The zero-order valence-corrected chi connectivity index (χ0v) is 13.2. The predicted molar refractivity (Wildman–Crippen MR) is 84.3 cm³/mol. The highest BCUT2D eigenvalue weighted by atomic mass is 32.1. The molecule has 1 aliphatic rings. The zero-order valence-electron chi connectivity index (χ0n) is 11.6. The normalized spacial score (nSPS) is 14.9. The van der Waals surface area contributed by atoms with Crippen LogP contribution in [0.25, 0.3) is 10.6 Å². The smallest absolute Gasteiger partial charge is 0.222 e. The van der Waals surface area contributed by atoms with Crippen LogP contribution in [0.5, 0.6) is 0 Å². The highest BCUT2D eigenvalue weighted by Gasteiger charge is 2.19. The number of hydrogen-bond acceptors (Lipinski definition) is 4. The molecule has 0 aromatic carbocycles. The molecule has 1 fully saturated rings. The second kappa shape index (κ2) is 6.06. The van der Waals surface area contributed by atoms with Crippen molar-refractivity contribution >= 4 is 28.6 Å². The molecular weight excluding hydrogens is 288 g/mol. The van der Waals surface area contributed by atoms with Gasteiger partial charge < -0.3 is 4.90 Å². The third-order valence-electron chi connectivity index (χ3n) is 3.58. The maximum absolute atomic E-state index is 12.1. The monoisotopic (exact) mass is 306 g/mol. The van der Waals surface area contributed by atoms with E-state index in [4.69, 9.17) is 0 Å². The van der Waals surface area contributed by atoms with Crippen LogP contribution in [0.3, 0.4) is 0 Å². The molecule has 2 aromatic rings. The van der Waals surface area contributed by atoms with Crippen LogP contribution in [0.2, 0.25) is 0 Å². The van der Waals surface area contributed by atoms with Gasteiger partial charge >= 0.3 is 0 Å². The second-order valence-electron chi connectivity index (χ2n) is 5.07. The van der Waals surface area contributed by atoms with Crippen molar-refractivity contribution < 1.29 is 4.79 Å². The van der Waals surface area contributed by atoms with Crippen molar-refractivity contribution in [2.24, 2.45) is 0 Å². The molecule has 0 bridgehead atoms. The number of carbonyl (C=O) groups excluding carboxylic acids is 1. The van der Waals surface area contributed by atoms with Gasteiger partial charge in [0, 0.05) is 24.4 Å². The van der Waals surface area contributed by atoms with Crippen LogP contribution in [0.4, 0.5) is 0 Å². The van der Waals surface area contributed by atoms with Crippen LogP contribution in [-0.2, 0) is 11.2 Å². The molecule has 0 N–H and O–H groups in total. The van der Waals surface area contributed by atoms with E-state index in [1.807, 2.05) is 17.9 Å². The Morgan fingerprint density at radius 3 is 2.90 bits per heavy atom. The maximum Gasteiger partial charge on any atom is 0.222 e. The van der Waals surface area contributed by atoms with Crippen molar-refractivity contribution in [2.45, 2.75) is 32.6 Å². The number of thiophene rings is 1. The van der Waals surface area contributed by atoms with Crippen LogP contribution in [0.15, 0.2) is 17.5 Å². The molecule has 0 radical (unpaired) electrons. The minimum Gasteiger partial charge on any atom is -0.343 e. The summed E-state index contributed by atoms with van der Waals surface area (Å²) in [6, 6.07) is 4.15. The largest absolute Gasteiger partial charge is 0.343 e. The Balaban J connectivity index is 1.69. The molecule has 106 valence electrons. The van der Waals surface area contributed by atoms with Gasteiger partial charge in [0.2, 0.25) is 5.91 Å². The fourth-order valence-electron chi connectivity index (χ4n) is 2.59. The third-order valence-corrected chi connectivity index (χ3v) is 5.49. The SMILES string of the molecule is Cc1nc(-c2cccs2)c(CCC(=O)N2CCCC2)s1. The number of nitrogens with zero attached hydrogens (tertiary/aromatic N) is 2. The molecule has 20 heavy (non-hydrogen) atoms. The maximum atomic E-state index is 12.1. The van der Waals surface area contributed by atoms with Crippen molar-refractivity contribution in [3.63, 3.8) is 0 Å². The van der Waals surface area contributed by atoms with E-state index >= 15 is 0 Å². The minimum absolute atomic E-state index is 0.297. The minimum atomic E-state index is 0.297. The van der Waals surface area contributed by atoms with E-state index in [1.54, 1.807) is 22.7 Å². The number of rotatable bonds is 4. The van der Waals surface area contributed by atoms with Crippen molar-refractivity contribution in [3.05, 3.63) is 27.4 Å². The molecule has 3 rings (SSSR count). The first kappa shape index (κ1) is 13.8. The summed E-state index contributed by atoms with van der Waals surface area (Å²) in [5, 5.41) is 3.15. The highest BCUT2D eigenvalue weighted by Crippen LogP contribution is 2.32. The van der Waals surface area contributed by atoms with Gasteiger partial charge in [0.15, 0.2) is 0 Å². The van der Waals surface area contributed by atoms with Gasteiger partial charge in [-0.2, -0.15) is 0 Å². The van der Waals surface area contributed by atoms with Gasteiger partial charge in [-0.25, -0.2) is 4.98 Å². The van der Waals surface area contributed by atoms with E-state index in [1.165, 1.54) is 9.75 Å². The summed E-state index contributed by atoms with van der Waals surface area (Å²) in [4.78, 5) is 21.2. The summed E-state index contributed by atoms with van der Waals surface area (Å²) in [5.74, 6) is 0.297. The third kappa shape index (κ3) is 2.94. The van der Waals surface area contributed by atoms with Crippen molar-refractivity contribution in [2.75, 3.05) is 13.1 Å². The fourth-order valence-corrected chi connectivity index (χ4v) is 4.35. The Hall–Kier alpha value is -1.20. The van der Waals surface area contributed by atoms with Gasteiger partial charge in [0.25, 0.3) is 0 Å². The fraction of sp³-hybridized carbons (Fsp3) is 0.467. The summed E-state index contributed by atoms with van der Waals surface area (Å²) < 4.78 is 0. The van der Waals surface area contributed by atoms with Crippen LogP contribution in [0, 0.1) is 6.92 Å². The topological polar surface area (TPSA) is 33.2 Å². The molecular formula is C15H18N2OS2. The summed E-state index contributed by atoms with van der Waals surface area (Å²) in [7, 11) is 0. The summed E-state index contributed by atoms with van der Waals surface area (Å²) in [6.45, 7) is 3.92. The summed E-state index contributed by atoms with van der Waals surface area (Å²) in [5.41, 5.74) is 1.08. The molecule has 5 heteroatoms. The van der Waals surface area contributed by atoms with Crippen molar-refractivity contribution in [3.8, 4) is 10.6 Å². The van der Waals surface area contributed by atoms with Crippen molar-refractivity contribution in [1.29, 1.82) is 0 Å². The molecule has 1 aliphatic heterocycles. The number of hydrogen-bond donors (Lipinski definition) is 0. The standard InChI is InChI=1S/C15H18N2OS2/c1-11-16-15(12-5-4-10-19-12)13(20-11)6-7-14(18)17-8-2-3-9-17/h4-5,10H,2-3,6-9H2,1H3. The second-order valence-corrected chi connectivity index (χ2v) is 7.31. The number of carbonyl (C=O) groups is 1. The van der Waals surface area contributed by atoms with Crippen LogP contribution >= 0.6 is 22.7 Å². The van der Waals surface area contributed by atoms with E-state index in [2.05, 4.69) is 16.4 Å². The molecule has 0 spiro atoms. The molecule has 0 saturated carbocycles. The Morgan fingerprint density at radius 2 is 2.20 bits per heavy atom. The van der Waals surface area contributed by atoms with Gasteiger partial charge in [0.05, 0.1) is 15.6 Å². The Morgan fingerprint density at radius 1 is 1.40 bits per heavy atom. The molecule has 0 aliphatic carbocycles. The lowest BCUT2D eigenvalue weighted by Crippen LogP contribution is -2.27. The molecule has 1 amide bonds. The summed E-state index contributed by atoms with van der Waals surface area (Å²) in [6.07, 6.45) is 3.74. The number of amides is 1. The number of thiazole rings is 1. The Kier molecular flexibility index (Phi) is 4.17. The van der Waals surface area contributed by atoms with E-state index in [-0.39, 0.29) is 0 Å². The van der Waals surface area contributed by atoms with Gasteiger partial charge in [0.1, 0.15) is 0 Å². The van der Waals surface area contributed by atoms with E-state index in [0.29, 0.717) is 12.3 Å². The van der Waals surface area contributed by atoms with Crippen molar-refractivity contribution in [1.82, 2.24) is 9.88 Å². The van der Waals surface area contributed by atoms with E-state index < -0.39 is 0 Å². The molecule has 2 aromatic heterocycles. The lowest BCUT2D eigenvalue weighted by atomic mass is 10.2. The van der Waals surface area contributed by atoms with Gasteiger partial charge in [-0.1, -0.05) is 6.07 Å². The molecule has 1 saturated heterocycles. The molecule has 3 nitrogen and oxygen atoms in total. The predicted octanol–water partition coefficient (Wildman–Crippen LogP) is 3.74.